The summed E-state index contributed by atoms with van der Waals surface area (Å²) in [5, 5.41) is 2.55. The molecular weight excluding hydrogens is 372 g/mol. The molecule has 0 radical (unpaired) electrons. The highest BCUT2D eigenvalue weighted by molar-refractivity contribution is 7.17. The normalized spacial score (nSPS) is 15.4. The van der Waals surface area contributed by atoms with Gasteiger partial charge in [0, 0.05) is 42.8 Å². The number of furan rings is 1. The van der Waals surface area contributed by atoms with Crippen LogP contribution in [0.1, 0.15) is 5.82 Å². The van der Waals surface area contributed by atoms with E-state index in [0.717, 1.165) is 42.4 Å². The second-order valence-electron chi connectivity index (χ2n) is 6.92. The van der Waals surface area contributed by atoms with Crippen LogP contribution in [0, 0.1) is 0 Å². The minimum Gasteiger partial charge on any atom is -0.464 e. The van der Waals surface area contributed by atoms with E-state index in [1.54, 1.807) is 6.26 Å². The van der Waals surface area contributed by atoms with Gasteiger partial charge in [0.2, 0.25) is 0 Å². The molecular formula is C21H20N4O2S. The third kappa shape index (κ3) is 3.23. The summed E-state index contributed by atoms with van der Waals surface area (Å²) in [5.74, 6) is 1.42. The zero-order chi connectivity index (χ0) is 18.9. The highest BCUT2D eigenvalue weighted by Gasteiger charge is 2.19. The summed E-state index contributed by atoms with van der Waals surface area (Å²) >= 11 is 1.48. The molecule has 0 atom stereocenters. The van der Waals surface area contributed by atoms with Crippen molar-refractivity contribution in [2.75, 3.05) is 31.1 Å². The van der Waals surface area contributed by atoms with Gasteiger partial charge >= 0.3 is 0 Å². The Morgan fingerprint density at radius 2 is 1.89 bits per heavy atom. The van der Waals surface area contributed by atoms with Crippen LogP contribution in [0.3, 0.4) is 0 Å². The zero-order valence-electron chi connectivity index (χ0n) is 15.3. The predicted octanol–water partition coefficient (Wildman–Crippen LogP) is 3.57. The Balaban J connectivity index is 1.32. The van der Waals surface area contributed by atoms with Crippen LogP contribution >= 0.6 is 11.3 Å². The van der Waals surface area contributed by atoms with Crippen LogP contribution in [0.5, 0.6) is 0 Å². The van der Waals surface area contributed by atoms with Gasteiger partial charge in [-0.1, -0.05) is 18.2 Å². The summed E-state index contributed by atoms with van der Waals surface area (Å²) in [7, 11) is 0. The number of thiophene rings is 1. The summed E-state index contributed by atoms with van der Waals surface area (Å²) in [6.07, 6.45) is 1.61. The standard InChI is InChI=1S/C21H20N4O2S/c26-20-19-16(17-7-4-12-27-17)14-28-21(19)23-18(22-20)13-24-8-10-25(11-9-24)15-5-2-1-3-6-15/h1-7,12,14H,8-11,13H2,(H,22,23,26). The van der Waals surface area contributed by atoms with E-state index in [2.05, 4.69) is 39.0 Å². The molecule has 1 aliphatic heterocycles. The molecule has 1 aromatic carbocycles. The maximum atomic E-state index is 12.7. The molecule has 0 unspecified atom stereocenters. The van der Waals surface area contributed by atoms with Crippen molar-refractivity contribution in [3.8, 4) is 11.3 Å². The van der Waals surface area contributed by atoms with Crippen LogP contribution in [0.25, 0.3) is 21.5 Å². The molecule has 7 heteroatoms. The molecule has 1 aliphatic rings. The summed E-state index contributed by atoms with van der Waals surface area (Å²) in [6, 6.07) is 14.2. The number of benzene rings is 1. The first-order valence-electron chi connectivity index (χ1n) is 9.34. The molecule has 0 amide bonds. The molecule has 3 aromatic heterocycles. The van der Waals surface area contributed by atoms with Crippen LogP contribution in [0.15, 0.2) is 63.3 Å². The number of nitrogens with zero attached hydrogens (tertiary/aromatic N) is 3. The monoisotopic (exact) mass is 392 g/mol. The molecule has 6 nitrogen and oxygen atoms in total. The lowest BCUT2D eigenvalue weighted by molar-refractivity contribution is 0.244. The van der Waals surface area contributed by atoms with Crippen molar-refractivity contribution in [3.05, 3.63) is 70.3 Å². The molecule has 28 heavy (non-hydrogen) atoms. The largest absolute Gasteiger partial charge is 0.464 e. The Bertz CT molecular complexity index is 1130. The predicted molar refractivity (Wildman–Crippen MR) is 112 cm³/mol. The van der Waals surface area contributed by atoms with Gasteiger partial charge in [0.25, 0.3) is 5.56 Å². The summed E-state index contributed by atoms with van der Waals surface area (Å²) in [5.41, 5.74) is 1.97. The minimum absolute atomic E-state index is 0.101. The molecule has 1 fully saturated rings. The molecule has 0 saturated carbocycles. The second kappa shape index (κ2) is 7.26. The first kappa shape index (κ1) is 17.2. The van der Waals surface area contributed by atoms with E-state index in [4.69, 9.17) is 9.40 Å². The lowest BCUT2D eigenvalue weighted by Crippen LogP contribution is -2.46. The van der Waals surface area contributed by atoms with E-state index in [1.807, 2.05) is 23.6 Å². The third-order valence-corrected chi connectivity index (χ3v) is 6.02. The first-order valence-corrected chi connectivity index (χ1v) is 10.2. The number of fused-ring (bicyclic) bond motifs is 1. The van der Waals surface area contributed by atoms with E-state index in [1.165, 1.54) is 17.0 Å². The fourth-order valence-electron chi connectivity index (χ4n) is 3.70. The van der Waals surface area contributed by atoms with Crippen LogP contribution in [0.4, 0.5) is 5.69 Å². The number of aromatic nitrogens is 2. The van der Waals surface area contributed by atoms with Gasteiger partial charge in [-0.15, -0.1) is 11.3 Å². The Kier molecular flexibility index (Phi) is 4.46. The van der Waals surface area contributed by atoms with Crippen LogP contribution < -0.4 is 10.5 Å². The lowest BCUT2D eigenvalue weighted by Gasteiger charge is -2.35. The molecule has 5 rings (SSSR count). The van der Waals surface area contributed by atoms with E-state index in [-0.39, 0.29) is 5.56 Å². The number of hydrogen-bond donors (Lipinski definition) is 1. The smallest absolute Gasteiger partial charge is 0.260 e. The Morgan fingerprint density at radius 1 is 1.07 bits per heavy atom. The van der Waals surface area contributed by atoms with Gasteiger partial charge in [-0.2, -0.15) is 0 Å². The number of aromatic amines is 1. The number of para-hydroxylation sites is 1. The molecule has 0 aliphatic carbocycles. The summed E-state index contributed by atoms with van der Waals surface area (Å²) < 4.78 is 5.45. The first-order chi connectivity index (χ1) is 13.8. The van der Waals surface area contributed by atoms with Crippen LogP contribution in [-0.4, -0.2) is 41.0 Å². The van der Waals surface area contributed by atoms with E-state index >= 15 is 0 Å². The fraction of sp³-hybridized carbons (Fsp3) is 0.238. The van der Waals surface area contributed by atoms with Crippen molar-refractivity contribution in [1.29, 1.82) is 0 Å². The van der Waals surface area contributed by atoms with E-state index in [9.17, 15) is 4.79 Å². The quantitative estimate of drug-likeness (QED) is 0.575. The average molecular weight is 392 g/mol. The second-order valence-corrected chi connectivity index (χ2v) is 7.78. The van der Waals surface area contributed by atoms with Crippen molar-refractivity contribution in [3.63, 3.8) is 0 Å². The van der Waals surface area contributed by atoms with E-state index < -0.39 is 0 Å². The highest BCUT2D eigenvalue weighted by atomic mass is 32.1. The Hall–Kier alpha value is -2.90. The number of nitrogens with one attached hydrogen (secondary N) is 1. The molecule has 0 bridgehead atoms. The van der Waals surface area contributed by atoms with Crippen molar-refractivity contribution in [1.82, 2.24) is 14.9 Å². The number of anilines is 1. The van der Waals surface area contributed by atoms with Gasteiger partial charge in [-0.25, -0.2) is 4.98 Å². The number of rotatable bonds is 4. The highest BCUT2D eigenvalue weighted by Crippen LogP contribution is 2.31. The van der Waals surface area contributed by atoms with Gasteiger partial charge in [0.1, 0.15) is 16.4 Å². The van der Waals surface area contributed by atoms with Crippen molar-refractivity contribution < 1.29 is 4.42 Å². The number of H-pyrrole nitrogens is 1. The van der Waals surface area contributed by atoms with Crippen LogP contribution in [0.2, 0.25) is 0 Å². The zero-order valence-corrected chi connectivity index (χ0v) is 16.1. The van der Waals surface area contributed by atoms with Crippen molar-refractivity contribution in [2.45, 2.75) is 6.54 Å². The lowest BCUT2D eigenvalue weighted by atomic mass is 10.2. The van der Waals surface area contributed by atoms with Gasteiger partial charge in [0.15, 0.2) is 0 Å². The summed E-state index contributed by atoms with van der Waals surface area (Å²) in [6.45, 7) is 4.48. The van der Waals surface area contributed by atoms with Crippen molar-refractivity contribution >= 4 is 27.2 Å². The molecule has 4 heterocycles. The molecule has 1 saturated heterocycles. The number of piperazine rings is 1. The minimum atomic E-state index is -0.101. The SMILES string of the molecule is O=c1[nH]c(CN2CCN(c3ccccc3)CC2)nc2scc(-c3ccco3)c12. The molecule has 0 spiro atoms. The maximum absolute atomic E-state index is 12.7. The molecule has 1 N–H and O–H groups in total. The van der Waals surface area contributed by atoms with Gasteiger partial charge in [-0.3, -0.25) is 9.69 Å². The number of hydrogen-bond acceptors (Lipinski definition) is 6. The Morgan fingerprint density at radius 3 is 2.64 bits per heavy atom. The van der Waals surface area contributed by atoms with Crippen molar-refractivity contribution in [2.24, 2.45) is 0 Å². The fourth-order valence-corrected chi connectivity index (χ4v) is 4.64. The maximum Gasteiger partial charge on any atom is 0.260 e. The topological polar surface area (TPSA) is 65.4 Å². The van der Waals surface area contributed by atoms with Gasteiger partial charge < -0.3 is 14.3 Å². The van der Waals surface area contributed by atoms with Gasteiger partial charge in [-0.05, 0) is 24.3 Å². The molecule has 4 aromatic rings. The third-order valence-electron chi connectivity index (χ3n) is 5.15. The molecule has 142 valence electrons. The van der Waals surface area contributed by atoms with E-state index in [0.29, 0.717) is 17.7 Å². The Labute approximate surface area is 166 Å². The average Bonchev–Trinajstić information content (AvgIpc) is 3.39. The summed E-state index contributed by atoms with van der Waals surface area (Å²) in [4.78, 5) is 25.9. The van der Waals surface area contributed by atoms with Crippen LogP contribution in [-0.2, 0) is 6.54 Å². The van der Waals surface area contributed by atoms with Gasteiger partial charge in [0.05, 0.1) is 18.2 Å².